The molecule has 0 aromatic heterocycles. The lowest BCUT2D eigenvalue weighted by Crippen LogP contribution is -2.34. The first-order valence-corrected chi connectivity index (χ1v) is 6.26. The van der Waals surface area contributed by atoms with Crippen molar-refractivity contribution < 1.29 is 9.90 Å². The van der Waals surface area contributed by atoms with E-state index in [0.29, 0.717) is 0 Å². The molecule has 0 unspecified atom stereocenters. The number of hydrogen-bond donors (Lipinski definition) is 3. The summed E-state index contributed by atoms with van der Waals surface area (Å²) < 4.78 is 0. The first kappa shape index (κ1) is 14.7. The molecular formula is C14H22N2O2. The molecule has 4 heteroatoms. The molecule has 1 saturated heterocycles. The number of rotatable bonds is 4. The molecule has 4 nitrogen and oxygen atoms in total. The number of nitrogens with two attached hydrogens (primary N) is 1. The lowest BCUT2D eigenvalue weighted by atomic mass is 10.1. The number of carboxylic acids is 1. The van der Waals surface area contributed by atoms with Crippen LogP contribution in [0.5, 0.6) is 0 Å². The van der Waals surface area contributed by atoms with Crippen LogP contribution in [-0.4, -0.2) is 29.7 Å². The molecule has 1 fully saturated rings. The van der Waals surface area contributed by atoms with Crippen molar-refractivity contribution in [3.8, 4) is 0 Å². The summed E-state index contributed by atoms with van der Waals surface area (Å²) in [4.78, 5) is 10.0. The zero-order chi connectivity index (χ0) is 13.5. The van der Waals surface area contributed by atoms with Gasteiger partial charge >= 0.3 is 5.97 Å². The maximum absolute atomic E-state index is 10.0. The molecule has 0 bridgehead atoms. The Morgan fingerprint density at radius 3 is 2.33 bits per heavy atom. The molecule has 2 rings (SSSR count). The lowest BCUT2D eigenvalue weighted by molar-refractivity contribution is -0.139. The largest absolute Gasteiger partial charge is 0.480 e. The van der Waals surface area contributed by atoms with Crippen molar-refractivity contribution in [2.45, 2.75) is 32.4 Å². The second-order valence-corrected chi connectivity index (χ2v) is 4.90. The summed E-state index contributed by atoms with van der Waals surface area (Å²) >= 11 is 0. The van der Waals surface area contributed by atoms with Gasteiger partial charge in [-0.15, -0.1) is 0 Å². The Kier molecular flexibility index (Phi) is 5.82. The van der Waals surface area contributed by atoms with E-state index < -0.39 is 12.0 Å². The Labute approximate surface area is 108 Å². The van der Waals surface area contributed by atoms with Crippen LogP contribution in [0.1, 0.15) is 19.4 Å². The molecule has 0 amide bonds. The van der Waals surface area contributed by atoms with E-state index in [2.05, 4.69) is 35.6 Å². The first-order chi connectivity index (χ1) is 8.50. The summed E-state index contributed by atoms with van der Waals surface area (Å²) in [5.41, 5.74) is 6.60. The molecule has 1 aliphatic heterocycles. The van der Waals surface area contributed by atoms with E-state index in [4.69, 9.17) is 10.8 Å². The highest BCUT2D eigenvalue weighted by Gasteiger charge is 2.19. The summed E-state index contributed by atoms with van der Waals surface area (Å²) in [5.74, 6) is -0.910. The molecule has 1 heterocycles. The van der Waals surface area contributed by atoms with E-state index in [9.17, 15) is 4.79 Å². The van der Waals surface area contributed by atoms with E-state index in [1.165, 1.54) is 18.5 Å². The van der Waals surface area contributed by atoms with Gasteiger partial charge in [0.25, 0.3) is 0 Å². The highest BCUT2D eigenvalue weighted by atomic mass is 16.4. The van der Waals surface area contributed by atoms with Crippen LogP contribution in [0.4, 0.5) is 0 Å². The fraction of sp³-hybridized carbons (Fsp3) is 0.500. The Hall–Kier alpha value is -1.39. The molecule has 1 aliphatic rings. The van der Waals surface area contributed by atoms with E-state index >= 15 is 0 Å². The molecule has 2 atom stereocenters. The van der Waals surface area contributed by atoms with Gasteiger partial charge in [-0.05, 0) is 17.9 Å². The summed E-state index contributed by atoms with van der Waals surface area (Å²) in [6.07, 6.45) is 1.20. The summed E-state index contributed by atoms with van der Waals surface area (Å²) in [6, 6.07) is 10.7. The minimum Gasteiger partial charge on any atom is -0.480 e. The standard InChI is InChI=1S/C9H11N.C5H11NO2/c1-2-4-8(5-3-1)6-9-7-10-9;1-3(2)4(6)5(7)8/h1-5,9-10H,6-7H2;3-4H,6H2,1-2H3,(H,7,8)/t9-;4-/m00/s1. The molecule has 0 radical (unpaired) electrons. The normalized spacial score (nSPS) is 18.8. The predicted molar refractivity (Wildman–Crippen MR) is 72.4 cm³/mol. The Balaban J connectivity index is 0.000000187. The molecule has 0 saturated carbocycles. The van der Waals surface area contributed by atoms with Gasteiger partial charge in [0.2, 0.25) is 0 Å². The first-order valence-electron chi connectivity index (χ1n) is 6.26. The fourth-order valence-corrected chi connectivity index (χ4v) is 1.41. The number of carboxylic acid groups (broad SMARTS) is 1. The zero-order valence-corrected chi connectivity index (χ0v) is 11.0. The molecule has 1 aromatic carbocycles. The van der Waals surface area contributed by atoms with Crippen LogP contribution in [0.2, 0.25) is 0 Å². The second-order valence-electron chi connectivity index (χ2n) is 4.90. The Morgan fingerprint density at radius 1 is 1.44 bits per heavy atom. The number of nitrogens with one attached hydrogen (secondary N) is 1. The molecule has 18 heavy (non-hydrogen) atoms. The third-order valence-electron chi connectivity index (χ3n) is 2.82. The SMILES string of the molecule is CC(C)[C@H](N)C(=O)O.c1ccc(C[C@H]2CN2)cc1. The molecule has 1 aromatic rings. The summed E-state index contributed by atoms with van der Waals surface area (Å²) in [6.45, 7) is 4.76. The fourth-order valence-electron chi connectivity index (χ4n) is 1.41. The molecule has 0 spiro atoms. The van der Waals surface area contributed by atoms with Gasteiger partial charge < -0.3 is 16.2 Å². The predicted octanol–water partition coefficient (Wildman–Crippen LogP) is 1.26. The van der Waals surface area contributed by atoms with Gasteiger partial charge in [-0.1, -0.05) is 44.2 Å². The van der Waals surface area contributed by atoms with E-state index in [-0.39, 0.29) is 5.92 Å². The van der Waals surface area contributed by atoms with Crippen LogP contribution in [0.3, 0.4) is 0 Å². The maximum atomic E-state index is 10.0. The van der Waals surface area contributed by atoms with Crippen LogP contribution in [0.15, 0.2) is 30.3 Å². The summed E-state index contributed by atoms with van der Waals surface area (Å²) in [5, 5.41) is 11.5. The van der Waals surface area contributed by atoms with Crippen molar-refractivity contribution in [2.24, 2.45) is 11.7 Å². The third-order valence-corrected chi connectivity index (χ3v) is 2.82. The van der Waals surface area contributed by atoms with Gasteiger partial charge in [0.05, 0.1) is 0 Å². The maximum Gasteiger partial charge on any atom is 0.320 e. The monoisotopic (exact) mass is 250 g/mol. The second kappa shape index (κ2) is 7.13. The highest BCUT2D eigenvalue weighted by Crippen LogP contribution is 2.07. The van der Waals surface area contributed by atoms with Crippen LogP contribution in [0.25, 0.3) is 0 Å². The van der Waals surface area contributed by atoms with Crippen LogP contribution < -0.4 is 11.1 Å². The van der Waals surface area contributed by atoms with E-state index in [1.807, 2.05) is 0 Å². The number of aliphatic carboxylic acids is 1. The Bertz CT molecular complexity index is 361. The van der Waals surface area contributed by atoms with Crippen molar-refractivity contribution in [3.05, 3.63) is 35.9 Å². The third kappa shape index (κ3) is 5.80. The number of benzene rings is 1. The summed E-state index contributed by atoms with van der Waals surface area (Å²) in [7, 11) is 0. The molecular weight excluding hydrogens is 228 g/mol. The van der Waals surface area contributed by atoms with E-state index in [0.717, 1.165) is 6.04 Å². The van der Waals surface area contributed by atoms with Crippen LogP contribution in [0, 0.1) is 5.92 Å². The minimum absolute atomic E-state index is 0.0208. The van der Waals surface area contributed by atoms with Gasteiger partial charge in [-0.2, -0.15) is 0 Å². The van der Waals surface area contributed by atoms with Crippen molar-refractivity contribution in [1.82, 2.24) is 5.32 Å². The van der Waals surface area contributed by atoms with Gasteiger partial charge in [0, 0.05) is 12.6 Å². The van der Waals surface area contributed by atoms with Crippen molar-refractivity contribution >= 4 is 5.97 Å². The quantitative estimate of drug-likeness (QED) is 0.702. The van der Waals surface area contributed by atoms with Gasteiger partial charge in [-0.3, -0.25) is 4.79 Å². The average molecular weight is 250 g/mol. The van der Waals surface area contributed by atoms with Gasteiger partial charge in [0.15, 0.2) is 0 Å². The molecule has 4 N–H and O–H groups in total. The zero-order valence-electron chi connectivity index (χ0n) is 11.0. The van der Waals surface area contributed by atoms with E-state index in [1.54, 1.807) is 13.8 Å². The Morgan fingerprint density at radius 2 is 2.00 bits per heavy atom. The smallest absolute Gasteiger partial charge is 0.320 e. The van der Waals surface area contributed by atoms with Crippen LogP contribution >= 0.6 is 0 Å². The topological polar surface area (TPSA) is 85.3 Å². The number of carbonyl (C=O) groups is 1. The molecule has 100 valence electrons. The van der Waals surface area contributed by atoms with Gasteiger partial charge in [0.1, 0.15) is 6.04 Å². The molecule has 0 aliphatic carbocycles. The van der Waals surface area contributed by atoms with Crippen molar-refractivity contribution in [3.63, 3.8) is 0 Å². The van der Waals surface area contributed by atoms with Crippen molar-refractivity contribution in [1.29, 1.82) is 0 Å². The average Bonchev–Trinajstić information content (AvgIpc) is 3.14. The highest BCUT2D eigenvalue weighted by molar-refractivity contribution is 5.73. The lowest BCUT2D eigenvalue weighted by Gasteiger charge is -2.07. The number of hydrogen-bond acceptors (Lipinski definition) is 3. The van der Waals surface area contributed by atoms with Gasteiger partial charge in [-0.25, -0.2) is 0 Å². The van der Waals surface area contributed by atoms with Crippen LogP contribution in [-0.2, 0) is 11.2 Å². The van der Waals surface area contributed by atoms with Crippen molar-refractivity contribution in [2.75, 3.05) is 6.54 Å². The minimum atomic E-state index is -0.931.